The van der Waals surface area contributed by atoms with Gasteiger partial charge in [-0.1, -0.05) is 6.92 Å². The summed E-state index contributed by atoms with van der Waals surface area (Å²) >= 11 is 0. The van der Waals surface area contributed by atoms with Gasteiger partial charge >= 0.3 is 0 Å². The third-order valence-corrected chi connectivity index (χ3v) is 5.19. The van der Waals surface area contributed by atoms with E-state index in [1.807, 2.05) is 6.92 Å². The third kappa shape index (κ3) is 1.41. The topological polar surface area (TPSA) is 55.1 Å². The molecule has 3 fully saturated rings. The molecule has 3 aliphatic carbocycles. The Morgan fingerprint density at radius 1 is 1.38 bits per heavy atom. The van der Waals surface area contributed by atoms with Gasteiger partial charge in [0.05, 0.1) is 0 Å². The predicted molar refractivity (Wildman–Crippen MR) is 62.6 cm³/mol. The Labute approximate surface area is 97.2 Å². The molecule has 2 bridgehead atoms. The Kier molecular flexibility index (Phi) is 2.46. The Morgan fingerprint density at radius 2 is 2.00 bits per heavy atom. The van der Waals surface area contributed by atoms with Crippen molar-refractivity contribution < 1.29 is 4.79 Å². The van der Waals surface area contributed by atoms with Gasteiger partial charge in [0.1, 0.15) is 0 Å². The molecule has 90 valence electrons. The highest BCUT2D eigenvalue weighted by Gasteiger charge is 2.65. The standard InChI is InChI=1S/C13H22N2O/c1-2-7(6-14)13(16)15-12-10-8-3-4-9(5-8)11(10)12/h7-12H,2-6,14H2,1H3,(H,15,16). The highest BCUT2D eigenvalue weighted by atomic mass is 16.2. The summed E-state index contributed by atoms with van der Waals surface area (Å²) in [6.45, 7) is 2.52. The molecule has 3 heteroatoms. The summed E-state index contributed by atoms with van der Waals surface area (Å²) in [7, 11) is 0. The van der Waals surface area contributed by atoms with Crippen LogP contribution in [0, 0.1) is 29.6 Å². The van der Waals surface area contributed by atoms with Gasteiger partial charge in [0.15, 0.2) is 0 Å². The van der Waals surface area contributed by atoms with Crippen molar-refractivity contribution in [1.29, 1.82) is 0 Å². The summed E-state index contributed by atoms with van der Waals surface area (Å²) in [6, 6.07) is 0.513. The molecule has 0 radical (unpaired) electrons. The molecule has 16 heavy (non-hydrogen) atoms. The van der Waals surface area contributed by atoms with Gasteiger partial charge in [-0.05, 0) is 49.4 Å². The van der Waals surface area contributed by atoms with Gasteiger partial charge in [-0.25, -0.2) is 0 Å². The number of nitrogens with one attached hydrogen (secondary N) is 1. The number of amides is 1. The van der Waals surface area contributed by atoms with Gasteiger partial charge in [0.25, 0.3) is 0 Å². The average molecular weight is 222 g/mol. The molecule has 0 spiro atoms. The van der Waals surface area contributed by atoms with E-state index in [4.69, 9.17) is 5.73 Å². The number of carbonyl (C=O) groups excluding carboxylic acids is 1. The van der Waals surface area contributed by atoms with Crippen LogP contribution in [0.1, 0.15) is 32.6 Å². The molecule has 1 amide bonds. The molecule has 3 rings (SSSR count). The second-order valence-electron chi connectivity index (χ2n) is 5.86. The predicted octanol–water partition coefficient (Wildman–Crippen LogP) is 1.13. The lowest BCUT2D eigenvalue weighted by Crippen LogP contribution is -2.38. The summed E-state index contributed by atoms with van der Waals surface area (Å²) in [4.78, 5) is 11.9. The van der Waals surface area contributed by atoms with Gasteiger partial charge in [-0.3, -0.25) is 4.79 Å². The molecule has 0 aromatic rings. The van der Waals surface area contributed by atoms with Crippen LogP contribution in [0.25, 0.3) is 0 Å². The fourth-order valence-corrected chi connectivity index (χ4v) is 4.26. The Balaban J connectivity index is 1.56. The second-order valence-corrected chi connectivity index (χ2v) is 5.86. The van der Waals surface area contributed by atoms with Crippen molar-refractivity contribution in [2.75, 3.05) is 6.54 Å². The molecule has 0 aliphatic heterocycles. The minimum absolute atomic E-state index is 0.0268. The Morgan fingerprint density at radius 3 is 2.50 bits per heavy atom. The molecular weight excluding hydrogens is 200 g/mol. The normalized spacial score (nSPS) is 45.2. The molecule has 3 nitrogen and oxygen atoms in total. The second kappa shape index (κ2) is 3.73. The lowest BCUT2D eigenvalue weighted by atomic mass is 10.0. The maximum absolute atomic E-state index is 11.9. The van der Waals surface area contributed by atoms with E-state index in [-0.39, 0.29) is 11.8 Å². The van der Waals surface area contributed by atoms with Crippen molar-refractivity contribution in [3.05, 3.63) is 0 Å². The first-order valence-electron chi connectivity index (χ1n) is 6.76. The average Bonchev–Trinajstić information content (AvgIpc) is 2.71. The van der Waals surface area contributed by atoms with Crippen LogP contribution in [0.5, 0.6) is 0 Å². The highest BCUT2D eigenvalue weighted by Crippen LogP contribution is 2.65. The van der Waals surface area contributed by atoms with Crippen molar-refractivity contribution in [3.63, 3.8) is 0 Å². The van der Waals surface area contributed by atoms with E-state index in [0.717, 1.165) is 30.1 Å². The first-order valence-corrected chi connectivity index (χ1v) is 6.76. The van der Waals surface area contributed by atoms with Gasteiger partial charge in [-0.15, -0.1) is 0 Å². The summed E-state index contributed by atoms with van der Waals surface area (Å²) < 4.78 is 0. The molecule has 0 aromatic heterocycles. The van der Waals surface area contributed by atoms with E-state index in [2.05, 4.69) is 5.32 Å². The summed E-state index contributed by atoms with van der Waals surface area (Å²) in [5.74, 6) is 3.75. The van der Waals surface area contributed by atoms with Crippen molar-refractivity contribution >= 4 is 5.91 Å². The Hall–Kier alpha value is -0.570. The number of rotatable bonds is 4. The lowest BCUT2D eigenvalue weighted by Gasteiger charge is -2.15. The highest BCUT2D eigenvalue weighted by molar-refractivity contribution is 5.79. The van der Waals surface area contributed by atoms with Crippen molar-refractivity contribution in [2.24, 2.45) is 35.3 Å². The van der Waals surface area contributed by atoms with E-state index in [1.165, 1.54) is 19.3 Å². The minimum atomic E-state index is 0.0268. The number of hydrogen-bond donors (Lipinski definition) is 2. The smallest absolute Gasteiger partial charge is 0.224 e. The van der Waals surface area contributed by atoms with Crippen LogP contribution >= 0.6 is 0 Å². The molecule has 0 heterocycles. The zero-order chi connectivity index (χ0) is 11.3. The van der Waals surface area contributed by atoms with Crippen LogP contribution in [0.3, 0.4) is 0 Å². The Bertz CT molecular complexity index is 284. The number of nitrogens with two attached hydrogens (primary N) is 1. The fraction of sp³-hybridized carbons (Fsp3) is 0.923. The van der Waals surface area contributed by atoms with Crippen molar-refractivity contribution in [2.45, 2.75) is 38.6 Å². The molecule has 5 atom stereocenters. The zero-order valence-electron chi connectivity index (χ0n) is 9.99. The zero-order valence-corrected chi connectivity index (χ0v) is 9.99. The first kappa shape index (κ1) is 10.6. The van der Waals surface area contributed by atoms with E-state index < -0.39 is 0 Å². The van der Waals surface area contributed by atoms with E-state index in [9.17, 15) is 4.79 Å². The van der Waals surface area contributed by atoms with Crippen molar-refractivity contribution in [3.8, 4) is 0 Å². The van der Waals surface area contributed by atoms with Crippen LogP contribution < -0.4 is 11.1 Å². The molecule has 0 saturated heterocycles. The van der Waals surface area contributed by atoms with Gasteiger partial charge in [-0.2, -0.15) is 0 Å². The minimum Gasteiger partial charge on any atom is -0.352 e. The SMILES string of the molecule is CCC(CN)C(=O)NC1C2C3CCC(C3)C12. The van der Waals surface area contributed by atoms with Gasteiger partial charge < -0.3 is 11.1 Å². The molecule has 5 unspecified atom stereocenters. The van der Waals surface area contributed by atoms with Crippen LogP contribution in [-0.4, -0.2) is 18.5 Å². The van der Waals surface area contributed by atoms with Crippen LogP contribution in [0.15, 0.2) is 0 Å². The molecule has 3 N–H and O–H groups in total. The number of hydrogen-bond acceptors (Lipinski definition) is 2. The van der Waals surface area contributed by atoms with Gasteiger partial charge in [0.2, 0.25) is 5.91 Å². The molecular formula is C13H22N2O. The summed E-state index contributed by atoms with van der Waals surface area (Å²) in [5, 5.41) is 3.24. The van der Waals surface area contributed by atoms with E-state index in [0.29, 0.717) is 12.6 Å². The van der Waals surface area contributed by atoms with Crippen LogP contribution in [0.4, 0.5) is 0 Å². The summed E-state index contributed by atoms with van der Waals surface area (Å²) in [5.41, 5.74) is 5.60. The largest absolute Gasteiger partial charge is 0.352 e. The van der Waals surface area contributed by atoms with Crippen LogP contribution in [-0.2, 0) is 4.79 Å². The quantitative estimate of drug-likeness (QED) is 0.749. The van der Waals surface area contributed by atoms with E-state index in [1.54, 1.807) is 0 Å². The first-order chi connectivity index (χ1) is 7.76. The summed E-state index contributed by atoms with van der Waals surface area (Å²) in [6.07, 6.45) is 5.12. The van der Waals surface area contributed by atoms with Gasteiger partial charge in [0, 0.05) is 18.5 Å². The van der Waals surface area contributed by atoms with Crippen molar-refractivity contribution in [1.82, 2.24) is 5.32 Å². The monoisotopic (exact) mass is 222 g/mol. The molecule has 3 aliphatic rings. The molecule has 0 aromatic carbocycles. The maximum Gasteiger partial charge on any atom is 0.224 e. The van der Waals surface area contributed by atoms with E-state index >= 15 is 0 Å². The number of carbonyl (C=O) groups is 1. The maximum atomic E-state index is 11.9. The van der Waals surface area contributed by atoms with Crippen LogP contribution in [0.2, 0.25) is 0 Å². The lowest BCUT2D eigenvalue weighted by molar-refractivity contribution is -0.125. The molecule has 3 saturated carbocycles. The fourth-order valence-electron chi connectivity index (χ4n) is 4.26. The third-order valence-electron chi connectivity index (χ3n) is 5.19. The number of fused-ring (bicyclic) bond motifs is 5.